The Morgan fingerprint density at radius 1 is 1.11 bits per heavy atom. The highest BCUT2D eigenvalue weighted by Crippen LogP contribution is 2.44. The Morgan fingerprint density at radius 3 is 2.06 bits per heavy atom. The molecule has 1 rings (SSSR count). The monoisotopic (exact) mass is 256 g/mol. The summed E-state index contributed by atoms with van der Waals surface area (Å²) in [6.07, 6.45) is 6.97. The molecule has 0 heterocycles. The van der Waals surface area contributed by atoms with E-state index in [0.717, 1.165) is 25.2 Å². The smallest absolute Gasteiger partial charge is 0.0844 e. The first-order chi connectivity index (χ1) is 8.35. The third kappa shape index (κ3) is 3.94. The van der Waals surface area contributed by atoms with Crippen molar-refractivity contribution < 1.29 is 4.74 Å². The Labute approximate surface area is 113 Å². The maximum atomic E-state index is 5.91. The maximum Gasteiger partial charge on any atom is 0.0844 e. The van der Waals surface area contributed by atoms with Gasteiger partial charge in [-0.15, -0.1) is 0 Å². The molecule has 0 aromatic rings. The maximum absolute atomic E-state index is 5.91. The molecule has 18 heavy (non-hydrogen) atoms. The molecule has 3 N–H and O–H groups in total. The molecule has 0 aromatic heterocycles. The minimum absolute atomic E-state index is 0.0564. The van der Waals surface area contributed by atoms with Gasteiger partial charge in [0.1, 0.15) is 0 Å². The van der Waals surface area contributed by atoms with Gasteiger partial charge in [-0.25, -0.2) is 0 Å². The van der Waals surface area contributed by atoms with Crippen LogP contribution in [0.2, 0.25) is 0 Å². The molecular weight excluding hydrogens is 224 g/mol. The van der Waals surface area contributed by atoms with Crippen molar-refractivity contribution in [3.63, 3.8) is 0 Å². The van der Waals surface area contributed by atoms with Crippen molar-refractivity contribution in [3.8, 4) is 0 Å². The molecule has 1 atom stereocenters. The summed E-state index contributed by atoms with van der Waals surface area (Å²) in [5.41, 5.74) is 3.42. The quantitative estimate of drug-likeness (QED) is 0.566. The zero-order chi connectivity index (χ0) is 13.8. The third-order valence-electron chi connectivity index (χ3n) is 4.73. The number of methoxy groups -OCH3 is 1. The van der Waals surface area contributed by atoms with Crippen molar-refractivity contribution in [1.29, 1.82) is 0 Å². The fraction of sp³-hybridized carbons (Fsp3) is 1.00. The van der Waals surface area contributed by atoms with E-state index in [0.29, 0.717) is 5.41 Å². The van der Waals surface area contributed by atoms with E-state index in [2.05, 4.69) is 33.1 Å². The van der Waals surface area contributed by atoms with Crippen LogP contribution in [-0.4, -0.2) is 18.8 Å². The van der Waals surface area contributed by atoms with E-state index in [1.165, 1.54) is 19.3 Å². The lowest BCUT2D eigenvalue weighted by Gasteiger charge is -2.47. The zero-order valence-electron chi connectivity index (χ0n) is 12.9. The molecule has 1 aliphatic rings. The van der Waals surface area contributed by atoms with Crippen molar-refractivity contribution >= 4 is 0 Å². The first-order valence-corrected chi connectivity index (χ1v) is 7.36. The van der Waals surface area contributed by atoms with Crippen LogP contribution in [0, 0.1) is 11.3 Å². The van der Waals surface area contributed by atoms with Gasteiger partial charge in [-0.1, -0.05) is 27.7 Å². The SMILES string of the molecule is COC1(C(CCC(C)C)NN)CCC(C)(C)CC1. The Kier molecular flexibility index (Phi) is 5.63. The predicted molar refractivity (Wildman–Crippen MR) is 77.2 cm³/mol. The molecular formula is C15H32N2O. The highest BCUT2D eigenvalue weighted by molar-refractivity contribution is 4.98. The van der Waals surface area contributed by atoms with Crippen LogP contribution in [0.3, 0.4) is 0 Å². The lowest BCUT2D eigenvalue weighted by atomic mass is 9.67. The van der Waals surface area contributed by atoms with Crippen LogP contribution in [0.15, 0.2) is 0 Å². The second-order valence-electron chi connectivity index (χ2n) is 7.12. The van der Waals surface area contributed by atoms with E-state index in [1.807, 2.05) is 7.11 Å². The molecule has 0 amide bonds. The van der Waals surface area contributed by atoms with Gasteiger partial charge in [-0.05, 0) is 49.9 Å². The molecule has 0 saturated heterocycles. The highest BCUT2D eigenvalue weighted by Gasteiger charge is 2.43. The zero-order valence-corrected chi connectivity index (χ0v) is 12.9. The molecule has 1 saturated carbocycles. The van der Waals surface area contributed by atoms with Gasteiger partial charge in [-0.3, -0.25) is 11.3 Å². The standard InChI is InChI=1S/C15H32N2O/c1-12(2)6-7-13(17-16)15(18-5)10-8-14(3,4)9-11-15/h12-13,17H,6-11,16H2,1-5H3. The van der Waals surface area contributed by atoms with Crippen LogP contribution in [0.25, 0.3) is 0 Å². The summed E-state index contributed by atoms with van der Waals surface area (Å²) < 4.78 is 5.91. The summed E-state index contributed by atoms with van der Waals surface area (Å²) in [6.45, 7) is 9.23. The van der Waals surface area contributed by atoms with Gasteiger partial charge < -0.3 is 4.74 Å². The van der Waals surface area contributed by atoms with Crippen LogP contribution in [0.1, 0.15) is 66.2 Å². The molecule has 0 aliphatic heterocycles. The average Bonchev–Trinajstić information content (AvgIpc) is 2.31. The van der Waals surface area contributed by atoms with Gasteiger partial charge >= 0.3 is 0 Å². The summed E-state index contributed by atoms with van der Waals surface area (Å²) in [5, 5.41) is 0. The minimum Gasteiger partial charge on any atom is -0.377 e. The van der Waals surface area contributed by atoms with Crippen LogP contribution in [0.5, 0.6) is 0 Å². The van der Waals surface area contributed by atoms with Crippen molar-refractivity contribution in [2.45, 2.75) is 77.9 Å². The topological polar surface area (TPSA) is 47.3 Å². The van der Waals surface area contributed by atoms with E-state index >= 15 is 0 Å². The van der Waals surface area contributed by atoms with Gasteiger partial charge in [0.2, 0.25) is 0 Å². The molecule has 0 spiro atoms. The van der Waals surface area contributed by atoms with Crippen LogP contribution in [-0.2, 0) is 4.74 Å². The second kappa shape index (κ2) is 6.36. The van der Waals surface area contributed by atoms with E-state index < -0.39 is 0 Å². The summed E-state index contributed by atoms with van der Waals surface area (Å²) in [5.74, 6) is 6.51. The fourth-order valence-corrected chi connectivity index (χ4v) is 3.04. The summed E-state index contributed by atoms with van der Waals surface area (Å²) >= 11 is 0. The molecule has 0 bridgehead atoms. The highest BCUT2D eigenvalue weighted by atomic mass is 16.5. The summed E-state index contributed by atoms with van der Waals surface area (Å²) in [4.78, 5) is 0. The average molecular weight is 256 g/mol. The van der Waals surface area contributed by atoms with Crippen molar-refractivity contribution in [3.05, 3.63) is 0 Å². The van der Waals surface area contributed by atoms with Gasteiger partial charge in [0.05, 0.1) is 11.6 Å². The van der Waals surface area contributed by atoms with Crippen LogP contribution in [0.4, 0.5) is 0 Å². The van der Waals surface area contributed by atoms with Gasteiger partial charge in [0.15, 0.2) is 0 Å². The second-order valence-corrected chi connectivity index (χ2v) is 7.12. The summed E-state index contributed by atoms with van der Waals surface area (Å²) in [7, 11) is 1.85. The number of nitrogens with one attached hydrogen (secondary N) is 1. The number of rotatable bonds is 6. The number of ether oxygens (including phenoxy) is 1. The van der Waals surface area contributed by atoms with Crippen LogP contribution >= 0.6 is 0 Å². The Morgan fingerprint density at radius 2 is 1.67 bits per heavy atom. The van der Waals surface area contributed by atoms with E-state index in [9.17, 15) is 0 Å². The van der Waals surface area contributed by atoms with E-state index in [1.54, 1.807) is 0 Å². The lowest BCUT2D eigenvalue weighted by Crippen LogP contribution is -2.56. The first-order valence-electron chi connectivity index (χ1n) is 7.36. The Hall–Kier alpha value is -0.120. The van der Waals surface area contributed by atoms with Crippen molar-refractivity contribution in [2.24, 2.45) is 17.2 Å². The number of hydrogen-bond donors (Lipinski definition) is 2. The van der Waals surface area contributed by atoms with Gasteiger partial charge in [0.25, 0.3) is 0 Å². The van der Waals surface area contributed by atoms with Gasteiger partial charge in [0, 0.05) is 7.11 Å². The van der Waals surface area contributed by atoms with Gasteiger partial charge in [-0.2, -0.15) is 0 Å². The number of hydrazine groups is 1. The third-order valence-corrected chi connectivity index (χ3v) is 4.73. The predicted octanol–water partition coefficient (Wildman–Crippen LogP) is 3.24. The Bertz CT molecular complexity index is 241. The first kappa shape index (κ1) is 15.9. The molecule has 1 fully saturated rings. The normalized spacial score (nSPS) is 24.2. The van der Waals surface area contributed by atoms with Crippen LogP contribution < -0.4 is 11.3 Å². The lowest BCUT2D eigenvalue weighted by molar-refractivity contribution is -0.0887. The Balaban J connectivity index is 2.67. The number of nitrogens with two attached hydrogens (primary N) is 1. The van der Waals surface area contributed by atoms with Crippen molar-refractivity contribution in [2.75, 3.05) is 7.11 Å². The van der Waals surface area contributed by atoms with E-state index in [4.69, 9.17) is 10.6 Å². The molecule has 3 nitrogen and oxygen atoms in total. The molecule has 1 aliphatic carbocycles. The molecule has 108 valence electrons. The molecule has 0 radical (unpaired) electrons. The largest absolute Gasteiger partial charge is 0.377 e. The fourth-order valence-electron chi connectivity index (χ4n) is 3.04. The molecule has 1 unspecified atom stereocenters. The minimum atomic E-state index is -0.0564. The molecule has 0 aromatic carbocycles. The number of hydrogen-bond acceptors (Lipinski definition) is 3. The van der Waals surface area contributed by atoms with E-state index in [-0.39, 0.29) is 11.6 Å². The summed E-state index contributed by atoms with van der Waals surface area (Å²) in [6, 6.07) is 0.279. The molecule has 3 heteroatoms. The van der Waals surface area contributed by atoms with Crippen molar-refractivity contribution in [1.82, 2.24) is 5.43 Å².